The first kappa shape index (κ1) is 8.23. The lowest BCUT2D eigenvalue weighted by atomic mass is 10.1. The van der Waals surface area contributed by atoms with Crippen LogP contribution in [0.2, 0.25) is 0 Å². The van der Waals surface area contributed by atoms with Crippen LogP contribution in [0.1, 0.15) is 21.4 Å². The fraction of sp³-hybridized carbons (Fsp3) is 0.556. The van der Waals surface area contributed by atoms with Gasteiger partial charge in [0.25, 0.3) is 0 Å². The smallest absolute Gasteiger partial charge is 0.0928 e. The van der Waals surface area contributed by atoms with Gasteiger partial charge in [0.1, 0.15) is 0 Å². The van der Waals surface area contributed by atoms with Crippen molar-refractivity contribution in [2.24, 2.45) is 0 Å². The Bertz CT molecular complexity index is 295. The van der Waals surface area contributed by atoms with Gasteiger partial charge in [-0.1, -0.05) is 0 Å². The summed E-state index contributed by atoms with van der Waals surface area (Å²) in [6.45, 7) is 3.85. The van der Waals surface area contributed by atoms with E-state index in [4.69, 9.17) is 0 Å². The van der Waals surface area contributed by atoms with E-state index in [0.29, 0.717) is 0 Å². The van der Waals surface area contributed by atoms with Gasteiger partial charge in [-0.2, -0.15) is 0 Å². The summed E-state index contributed by atoms with van der Waals surface area (Å²) in [4.78, 5) is 4.78. The fourth-order valence-corrected chi connectivity index (χ4v) is 2.86. The molecule has 0 amide bonds. The predicted molar refractivity (Wildman–Crippen MR) is 50.3 cm³/mol. The van der Waals surface area contributed by atoms with Crippen LogP contribution < -0.4 is 0 Å². The van der Waals surface area contributed by atoms with E-state index in [-0.39, 0.29) is 6.10 Å². The first-order chi connectivity index (χ1) is 5.66. The fourth-order valence-electron chi connectivity index (χ4n) is 1.69. The molecule has 0 saturated heterocycles. The number of aryl methyl sites for hydroxylation is 1. The summed E-state index contributed by atoms with van der Waals surface area (Å²) in [7, 11) is 2.04. The molecule has 1 atom stereocenters. The Hall–Kier alpha value is -0.380. The number of nitrogens with zero attached hydrogens (tertiary/aromatic N) is 1. The summed E-state index contributed by atoms with van der Waals surface area (Å²) in [6, 6.07) is 2.11. The van der Waals surface area contributed by atoms with Crippen LogP contribution in [-0.4, -0.2) is 23.6 Å². The number of hydrogen-bond donors (Lipinski definition) is 1. The Morgan fingerprint density at radius 1 is 1.67 bits per heavy atom. The minimum absolute atomic E-state index is 0.274. The molecule has 2 nitrogen and oxygen atoms in total. The Morgan fingerprint density at radius 3 is 3.17 bits per heavy atom. The zero-order valence-electron chi connectivity index (χ0n) is 7.37. The predicted octanol–water partition coefficient (Wildman–Crippen LogP) is 1.54. The second-order valence-electron chi connectivity index (χ2n) is 3.45. The van der Waals surface area contributed by atoms with Crippen molar-refractivity contribution in [1.29, 1.82) is 0 Å². The van der Waals surface area contributed by atoms with Gasteiger partial charge in [-0.3, -0.25) is 4.90 Å². The standard InChI is InChI=1S/C9H13NOS/c1-6-3-7-8(11)4-10(2)5-9(7)12-6/h3,8,11H,4-5H2,1-2H3. The van der Waals surface area contributed by atoms with Gasteiger partial charge < -0.3 is 5.11 Å². The average Bonchev–Trinajstić information content (AvgIpc) is 2.29. The molecule has 0 fully saturated rings. The molecule has 1 aliphatic heterocycles. The Balaban J connectivity index is 2.40. The first-order valence-corrected chi connectivity index (χ1v) is 4.94. The molecule has 3 heteroatoms. The number of rotatable bonds is 0. The van der Waals surface area contributed by atoms with Gasteiger partial charge in [0.05, 0.1) is 6.10 Å². The molecule has 1 aromatic heterocycles. The van der Waals surface area contributed by atoms with Crippen LogP contribution in [0.5, 0.6) is 0 Å². The van der Waals surface area contributed by atoms with Crippen molar-refractivity contribution in [1.82, 2.24) is 4.90 Å². The number of thiophene rings is 1. The highest BCUT2D eigenvalue weighted by atomic mass is 32.1. The molecular formula is C9H13NOS. The molecule has 0 spiro atoms. The third kappa shape index (κ3) is 1.28. The maximum atomic E-state index is 9.71. The normalized spacial score (nSPS) is 24.1. The van der Waals surface area contributed by atoms with Gasteiger partial charge in [0, 0.05) is 22.8 Å². The molecule has 1 aliphatic rings. The maximum absolute atomic E-state index is 9.71. The molecule has 0 aromatic carbocycles. The van der Waals surface area contributed by atoms with Gasteiger partial charge in [-0.25, -0.2) is 0 Å². The van der Waals surface area contributed by atoms with Crippen molar-refractivity contribution in [3.05, 3.63) is 21.4 Å². The maximum Gasteiger partial charge on any atom is 0.0928 e. The summed E-state index contributed by atoms with van der Waals surface area (Å²) in [6.07, 6.45) is -0.274. The van der Waals surface area contributed by atoms with E-state index in [1.807, 2.05) is 7.05 Å². The number of likely N-dealkylation sites (N-methyl/N-ethyl adjacent to an activating group) is 1. The van der Waals surface area contributed by atoms with E-state index in [1.54, 1.807) is 11.3 Å². The van der Waals surface area contributed by atoms with Crippen molar-refractivity contribution in [2.45, 2.75) is 19.6 Å². The van der Waals surface area contributed by atoms with Crippen LogP contribution in [0.25, 0.3) is 0 Å². The van der Waals surface area contributed by atoms with E-state index < -0.39 is 0 Å². The monoisotopic (exact) mass is 183 g/mol. The molecular weight excluding hydrogens is 170 g/mol. The van der Waals surface area contributed by atoms with Crippen LogP contribution in [0, 0.1) is 6.92 Å². The van der Waals surface area contributed by atoms with E-state index in [0.717, 1.165) is 18.7 Å². The third-order valence-electron chi connectivity index (χ3n) is 2.22. The number of hydrogen-bond acceptors (Lipinski definition) is 3. The van der Waals surface area contributed by atoms with Gasteiger partial charge in [-0.05, 0) is 25.6 Å². The minimum Gasteiger partial charge on any atom is -0.387 e. The minimum atomic E-state index is -0.274. The largest absolute Gasteiger partial charge is 0.387 e. The zero-order chi connectivity index (χ0) is 8.72. The summed E-state index contributed by atoms with van der Waals surface area (Å²) >= 11 is 1.80. The van der Waals surface area contributed by atoms with Crippen molar-refractivity contribution in [3.8, 4) is 0 Å². The highest BCUT2D eigenvalue weighted by Crippen LogP contribution is 2.32. The van der Waals surface area contributed by atoms with Crippen LogP contribution in [0.15, 0.2) is 6.07 Å². The van der Waals surface area contributed by atoms with Crippen molar-refractivity contribution >= 4 is 11.3 Å². The van der Waals surface area contributed by atoms with E-state index in [2.05, 4.69) is 17.9 Å². The van der Waals surface area contributed by atoms with Crippen LogP contribution in [-0.2, 0) is 6.54 Å². The first-order valence-electron chi connectivity index (χ1n) is 4.12. The van der Waals surface area contributed by atoms with Crippen LogP contribution in [0.4, 0.5) is 0 Å². The number of fused-ring (bicyclic) bond motifs is 1. The SMILES string of the molecule is Cc1cc2c(s1)CN(C)CC2O. The molecule has 1 unspecified atom stereocenters. The molecule has 0 radical (unpaired) electrons. The number of aliphatic hydroxyl groups excluding tert-OH is 1. The van der Waals surface area contributed by atoms with Gasteiger partial charge in [0.2, 0.25) is 0 Å². The van der Waals surface area contributed by atoms with Crippen molar-refractivity contribution in [2.75, 3.05) is 13.6 Å². The third-order valence-corrected chi connectivity index (χ3v) is 3.27. The molecule has 12 heavy (non-hydrogen) atoms. The molecule has 1 aromatic rings. The summed E-state index contributed by atoms with van der Waals surface area (Å²) < 4.78 is 0. The Kier molecular flexibility index (Phi) is 1.94. The second kappa shape index (κ2) is 2.83. The lowest BCUT2D eigenvalue weighted by Gasteiger charge is -2.26. The van der Waals surface area contributed by atoms with Crippen molar-refractivity contribution < 1.29 is 5.11 Å². The second-order valence-corrected chi connectivity index (χ2v) is 4.79. The summed E-state index contributed by atoms with van der Waals surface area (Å²) in [5.74, 6) is 0. The Labute approximate surface area is 76.4 Å². The molecule has 1 N–H and O–H groups in total. The van der Waals surface area contributed by atoms with Crippen LogP contribution in [0.3, 0.4) is 0 Å². The average molecular weight is 183 g/mol. The van der Waals surface area contributed by atoms with Gasteiger partial charge >= 0.3 is 0 Å². The summed E-state index contributed by atoms with van der Waals surface area (Å²) in [5, 5.41) is 9.71. The van der Waals surface area contributed by atoms with E-state index >= 15 is 0 Å². The van der Waals surface area contributed by atoms with Gasteiger partial charge in [-0.15, -0.1) is 11.3 Å². The van der Waals surface area contributed by atoms with Crippen molar-refractivity contribution in [3.63, 3.8) is 0 Å². The zero-order valence-corrected chi connectivity index (χ0v) is 8.19. The highest BCUT2D eigenvalue weighted by Gasteiger charge is 2.22. The molecule has 66 valence electrons. The van der Waals surface area contributed by atoms with Crippen LogP contribution >= 0.6 is 11.3 Å². The topological polar surface area (TPSA) is 23.5 Å². The molecule has 0 bridgehead atoms. The lowest BCUT2D eigenvalue weighted by molar-refractivity contribution is 0.109. The number of aliphatic hydroxyl groups is 1. The van der Waals surface area contributed by atoms with E-state index in [1.165, 1.54) is 9.75 Å². The summed E-state index contributed by atoms with van der Waals surface area (Å²) in [5.41, 5.74) is 1.15. The molecule has 2 heterocycles. The van der Waals surface area contributed by atoms with Gasteiger partial charge in [0.15, 0.2) is 0 Å². The number of β-amino-alcohol motifs (C(OH)–C–C–N with tert-alkyl or cyclic N) is 1. The Morgan fingerprint density at radius 2 is 2.42 bits per heavy atom. The lowest BCUT2D eigenvalue weighted by Crippen LogP contribution is -2.28. The quantitative estimate of drug-likeness (QED) is 0.659. The molecule has 0 aliphatic carbocycles. The van der Waals surface area contributed by atoms with E-state index in [9.17, 15) is 5.11 Å². The molecule has 2 rings (SSSR count). The molecule has 0 saturated carbocycles. The highest BCUT2D eigenvalue weighted by molar-refractivity contribution is 7.12.